The fourth-order valence-corrected chi connectivity index (χ4v) is 3.53. The van der Waals surface area contributed by atoms with Crippen LogP contribution in [0.25, 0.3) is 0 Å². The molecule has 0 aromatic rings. The van der Waals surface area contributed by atoms with Crippen LogP contribution in [0.5, 0.6) is 0 Å². The molecule has 2 heterocycles. The molecular weight excluding hydrogens is 238 g/mol. The van der Waals surface area contributed by atoms with Gasteiger partial charge in [-0.25, -0.2) is 0 Å². The van der Waals surface area contributed by atoms with E-state index in [2.05, 4.69) is 37.6 Å². The quantitative estimate of drug-likeness (QED) is 0.773. The van der Waals surface area contributed by atoms with Gasteiger partial charge in [-0.05, 0) is 40.2 Å². The van der Waals surface area contributed by atoms with Crippen LogP contribution in [-0.4, -0.2) is 72.0 Å². The van der Waals surface area contributed by atoms with Crippen LogP contribution in [0.2, 0.25) is 0 Å². The summed E-state index contributed by atoms with van der Waals surface area (Å²) in [6, 6.07) is 0.642. The largest absolute Gasteiger partial charge is 0.340 e. The highest BCUT2D eigenvalue weighted by molar-refractivity contribution is 5.87. The third-order valence-electron chi connectivity index (χ3n) is 5.34. The summed E-state index contributed by atoms with van der Waals surface area (Å²) < 4.78 is 0. The first-order valence-electron chi connectivity index (χ1n) is 7.79. The minimum Gasteiger partial charge on any atom is -0.340 e. The number of amides is 1. The Morgan fingerprint density at radius 1 is 1.16 bits per heavy atom. The maximum absolute atomic E-state index is 12.8. The minimum atomic E-state index is -0.210. The van der Waals surface area contributed by atoms with E-state index in [-0.39, 0.29) is 5.54 Å². The summed E-state index contributed by atoms with van der Waals surface area (Å²) >= 11 is 0. The van der Waals surface area contributed by atoms with Crippen molar-refractivity contribution in [2.24, 2.45) is 0 Å². The normalized spacial score (nSPS) is 26.9. The van der Waals surface area contributed by atoms with Gasteiger partial charge in [-0.1, -0.05) is 6.92 Å². The molecule has 110 valence electrons. The molecule has 0 radical (unpaired) electrons. The molecule has 2 rings (SSSR count). The zero-order valence-electron chi connectivity index (χ0n) is 13.0. The van der Waals surface area contributed by atoms with E-state index < -0.39 is 0 Å². The van der Waals surface area contributed by atoms with Crippen LogP contribution < -0.4 is 0 Å². The van der Waals surface area contributed by atoms with Crippen molar-refractivity contribution < 1.29 is 4.79 Å². The van der Waals surface area contributed by atoms with E-state index in [1.54, 1.807) is 0 Å². The molecule has 1 unspecified atom stereocenters. The second-order valence-corrected chi connectivity index (χ2v) is 6.13. The number of likely N-dealkylation sites (tertiary alicyclic amines) is 1. The van der Waals surface area contributed by atoms with Crippen LogP contribution in [0.4, 0.5) is 0 Å². The molecule has 4 nitrogen and oxygen atoms in total. The van der Waals surface area contributed by atoms with E-state index in [4.69, 9.17) is 0 Å². The fraction of sp³-hybridized carbons (Fsp3) is 0.933. The Kier molecular flexibility index (Phi) is 4.51. The first-order valence-corrected chi connectivity index (χ1v) is 7.79. The van der Waals surface area contributed by atoms with Crippen LogP contribution in [0.1, 0.15) is 40.0 Å². The summed E-state index contributed by atoms with van der Waals surface area (Å²) in [5.74, 6) is 0.368. The Labute approximate surface area is 117 Å². The predicted molar refractivity (Wildman–Crippen MR) is 78.2 cm³/mol. The number of carbonyl (C=O) groups is 1. The van der Waals surface area contributed by atoms with E-state index in [0.717, 1.165) is 45.6 Å². The molecule has 0 N–H and O–H groups in total. The van der Waals surface area contributed by atoms with E-state index in [9.17, 15) is 4.79 Å². The van der Waals surface area contributed by atoms with Gasteiger partial charge in [0.1, 0.15) is 5.54 Å². The number of hydrogen-bond donors (Lipinski definition) is 0. The van der Waals surface area contributed by atoms with Crippen LogP contribution in [0, 0.1) is 0 Å². The van der Waals surface area contributed by atoms with Crippen molar-refractivity contribution in [1.82, 2.24) is 14.7 Å². The maximum Gasteiger partial charge on any atom is 0.243 e. The SMILES string of the molecule is CCC(C)N1CCC2(CC1)C(=O)N(CC)CCN2C. The average molecular weight is 267 g/mol. The Balaban J connectivity index is 2.08. The molecule has 2 aliphatic heterocycles. The highest BCUT2D eigenvalue weighted by Gasteiger charge is 2.49. The second kappa shape index (κ2) is 5.80. The number of likely N-dealkylation sites (N-methyl/N-ethyl adjacent to an activating group) is 2. The number of carbonyl (C=O) groups excluding carboxylic acids is 1. The highest BCUT2D eigenvalue weighted by atomic mass is 16.2. The molecule has 19 heavy (non-hydrogen) atoms. The lowest BCUT2D eigenvalue weighted by molar-refractivity contribution is -0.154. The summed E-state index contributed by atoms with van der Waals surface area (Å²) in [6.07, 6.45) is 3.17. The molecule has 2 saturated heterocycles. The van der Waals surface area contributed by atoms with Gasteiger partial charge in [-0.3, -0.25) is 9.69 Å². The first-order chi connectivity index (χ1) is 9.05. The van der Waals surface area contributed by atoms with Gasteiger partial charge in [0.15, 0.2) is 0 Å². The summed E-state index contributed by atoms with van der Waals surface area (Å²) in [7, 11) is 2.13. The zero-order valence-corrected chi connectivity index (χ0v) is 13.0. The van der Waals surface area contributed by atoms with Gasteiger partial charge in [-0.2, -0.15) is 0 Å². The summed E-state index contributed by atoms with van der Waals surface area (Å²) in [5.41, 5.74) is -0.210. The Morgan fingerprint density at radius 2 is 1.79 bits per heavy atom. The number of piperazine rings is 1. The molecule has 0 aromatic carbocycles. The number of hydrogen-bond acceptors (Lipinski definition) is 3. The molecule has 1 amide bonds. The lowest BCUT2D eigenvalue weighted by Gasteiger charge is -2.52. The van der Waals surface area contributed by atoms with Crippen molar-refractivity contribution in [2.75, 3.05) is 39.8 Å². The van der Waals surface area contributed by atoms with Gasteiger partial charge in [0.25, 0.3) is 0 Å². The average Bonchev–Trinajstić information content (AvgIpc) is 2.45. The zero-order chi connectivity index (χ0) is 14.0. The highest BCUT2D eigenvalue weighted by Crippen LogP contribution is 2.33. The third kappa shape index (κ3) is 2.52. The van der Waals surface area contributed by atoms with Gasteiger partial charge in [0.05, 0.1) is 0 Å². The Hall–Kier alpha value is -0.610. The van der Waals surface area contributed by atoms with Crippen molar-refractivity contribution >= 4 is 5.91 Å². The van der Waals surface area contributed by atoms with Gasteiger partial charge in [0.2, 0.25) is 5.91 Å². The maximum atomic E-state index is 12.8. The predicted octanol–water partition coefficient (Wildman–Crippen LogP) is 1.41. The van der Waals surface area contributed by atoms with Crippen molar-refractivity contribution in [3.8, 4) is 0 Å². The van der Waals surface area contributed by atoms with Crippen molar-refractivity contribution in [2.45, 2.75) is 51.6 Å². The van der Waals surface area contributed by atoms with E-state index in [1.165, 1.54) is 6.42 Å². The molecule has 0 aromatic heterocycles. The summed E-state index contributed by atoms with van der Waals surface area (Å²) in [5, 5.41) is 0. The third-order valence-corrected chi connectivity index (χ3v) is 5.34. The molecule has 1 atom stereocenters. The summed E-state index contributed by atoms with van der Waals surface area (Å²) in [4.78, 5) is 19.7. The second-order valence-electron chi connectivity index (χ2n) is 6.13. The monoisotopic (exact) mass is 267 g/mol. The first kappa shape index (κ1) is 14.8. The van der Waals surface area contributed by atoms with E-state index in [1.807, 2.05) is 4.90 Å². The van der Waals surface area contributed by atoms with Crippen LogP contribution >= 0.6 is 0 Å². The Morgan fingerprint density at radius 3 is 2.32 bits per heavy atom. The number of piperidine rings is 1. The minimum absolute atomic E-state index is 0.210. The van der Waals surface area contributed by atoms with Crippen LogP contribution in [0.15, 0.2) is 0 Å². The summed E-state index contributed by atoms with van der Waals surface area (Å²) in [6.45, 7) is 11.5. The molecule has 2 fully saturated rings. The lowest BCUT2D eigenvalue weighted by Crippen LogP contribution is -2.68. The molecule has 0 saturated carbocycles. The topological polar surface area (TPSA) is 26.8 Å². The van der Waals surface area contributed by atoms with E-state index >= 15 is 0 Å². The smallest absolute Gasteiger partial charge is 0.243 e. The fourth-order valence-electron chi connectivity index (χ4n) is 3.53. The van der Waals surface area contributed by atoms with E-state index in [0.29, 0.717) is 11.9 Å². The van der Waals surface area contributed by atoms with Crippen LogP contribution in [-0.2, 0) is 4.79 Å². The van der Waals surface area contributed by atoms with Crippen molar-refractivity contribution in [3.63, 3.8) is 0 Å². The molecule has 2 aliphatic rings. The van der Waals surface area contributed by atoms with Gasteiger partial charge < -0.3 is 9.80 Å². The standard InChI is InChI=1S/C15H29N3O/c1-5-13(3)18-9-7-15(8-10-18)14(19)17(6-2)12-11-16(15)4/h13H,5-12H2,1-4H3. The molecule has 4 heteroatoms. The Bertz CT molecular complexity index is 323. The van der Waals surface area contributed by atoms with Crippen molar-refractivity contribution in [1.29, 1.82) is 0 Å². The van der Waals surface area contributed by atoms with Gasteiger partial charge in [0, 0.05) is 38.8 Å². The molecule has 0 bridgehead atoms. The van der Waals surface area contributed by atoms with Crippen LogP contribution in [0.3, 0.4) is 0 Å². The lowest BCUT2D eigenvalue weighted by atomic mass is 9.82. The molecule has 0 aliphatic carbocycles. The molecule has 1 spiro atoms. The molecular formula is C15H29N3O. The van der Waals surface area contributed by atoms with Gasteiger partial charge >= 0.3 is 0 Å². The number of rotatable bonds is 3. The van der Waals surface area contributed by atoms with Crippen molar-refractivity contribution in [3.05, 3.63) is 0 Å². The van der Waals surface area contributed by atoms with Gasteiger partial charge in [-0.15, -0.1) is 0 Å². The number of nitrogens with zero attached hydrogens (tertiary/aromatic N) is 3.